The van der Waals surface area contributed by atoms with Crippen LogP contribution in [0.1, 0.15) is 30.2 Å². The highest BCUT2D eigenvalue weighted by Gasteiger charge is 2.41. The molecule has 1 fully saturated rings. The maximum atomic E-state index is 14.0. The molecule has 2 heterocycles. The molecule has 43 heavy (non-hydrogen) atoms. The molecule has 3 aromatic rings. The Hall–Kier alpha value is -3.89. The van der Waals surface area contributed by atoms with E-state index in [1.54, 1.807) is 4.90 Å². The van der Waals surface area contributed by atoms with Crippen LogP contribution in [0.3, 0.4) is 0 Å². The van der Waals surface area contributed by atoms with Crippen molar-refractivity contribution in [1.29, 1.82) is 0 Å². The van der Waals surface area contributed by atoms with Crippen molar-refractivity contribution in [3.05, 3.63) is 77.7 Å². The number of alkyl halides is 5. The number of carbonyl (C=O) groups is 1. The van der Waals surface area contributed by atoms with Crippen LogP contribution in [-0.4, -0.2) is 65.7 Å². The predicted octanol–water partition coefficient (Wildman–Crippen LogP) is 3.57. The van der Waals surface area contributed by atoms with Crippen LogP contribution in [0.15, 0.2) is 65.8 Å². The lowest BCUT2D eigenvalue weighted by atomic mass is 10.0. The summed E-state index contributed by atoms with van der Waals surface area (Å²) in [6, 6.07) is 7.68. The number of sulfonamides is 1. The fraction of sp³-hybridized carbons (Fsp3) is 0.370. The van der Waals surface area contributed by atoms with Crippen LogP contribution in [0.2, 0.25) is 0 Å². The van der Waals surface area contributed by atoms with Gasteiger partial charge >= 0.3 is 6.36 Å². The quantitative estimate of drug-likeness (QED) is 0.327. The van der Waals surface area contributed by atoms with Gasteiger partial charge < -0.3 is 20.1 Å². The molecule has 1 saturated heterocycles. The molecule has 4 rings (SSSR count). The third kappa shape index (κ3) is 7.74. The lowest BCUT2D eigenvalue weighted by Crippen LogP contribution is -2.60. The second kappa shape index (κ2) is 12.8. The zero-order chi connectivity index (χ0) is 31.4. The number of aliphatic hydroxyl groups is 1. The lowest BCUT2D eigenvalue weighted by Gasteiger charge is -2.40. The molecule has 1 atom stereocenters. The number of hydrogen-bond acceptors (Lipinski definition) is 8. The molecule has 0 unspecified atom stereocenters. The van der Waals surface area contributed by atoms with Crippen molar-refractivity contribution in [2.45, 2.75) is 49.7 Å². The number of halogens is 5. The van der Waals surface area contributed by atoms with Gasteiger partial charge in [-0.25, -0.2) is 22.2 Å². The molecule has 0 saturated carbocycles. The predicted molar refractivity (Wildman–Crippen MR) is 143 cm³/mol. The third-order valence-corrected chi connectivity index (χ3v) is 8.68. The number of hydrogen-bond donors (Lipinski definition) is 2. The smallest absolute Gasteiger partial charge is 0.406 e. The summed E-state index contributed by atoms with van der Waals surface area (Å²) in [4.78, 5) is 23.0. The Kier molecular flexibility index (Phi) is 9.51. The van der Waals surface area contributed by atoms with Crippen LogP contribution in [0.4, 0.5) is 27.8 Å². The molecule has 0 aliphatic carbocycles. The van der Waals surface area contributed by atoms with E-state index in [9.17, 15) is 40.3 Å². The number of nitrogens with zero attached hydrogens (tertiary/aromatic N) is 4. The Morgan fingerprint density at radius 1 is 1.02 bits per heavy atom. The fourth-order valence-corrected chi connectivity index (χ4v) is 5.97. The number of carbonyl (C=O) groups excluding carboxylic acids is 1. The highest BCUT2D eigenvalue weighted by Crippen LogP contribution is 2.31. The van der Waals surface area contributed by atoms with Crippen molar-refractivity contribution in [1.82, 2.24) is 19.6 Å². The van der Waals surface area contributed by atoms with Crippen molar-refractivity contribution < 1.29 is 45.0 Å². The number of amides is 1. The van der Waals surface area contributed by atoms with Gasteiger partial charge in [0.15, 0.2) is 0 Å². The van der Waals surface area contributed by atoms with Gasteiger partial charge in [0.25, 0.3) is 5.92 Å². The van der Waals surface area contributed by atoms with E-state index in [0.717, 1.165) is 28.6 Å². The first kappa shape index (κ1) is 32.0. The average molecular weight is 630 g/mol. The van der Waals surface area contributed by atoms with Gasteiger partial charge in [0.05, 0.1) is 29.6 Å². The minimum Gasteiger partial charge on any atom is -0.406 e. The minimum absolute atomic E-state index is 0.0876. The Labute approximate surface area is 244 Å². The SMILES string of the molecule is CCC(F)(F)c1ccc(CNC(=O)[C@H]2CN(c3cnc(CO)cn3)CCN2S(=O)(=O)c2ccc(OC(F)(F)F)cc2)cc1. The topological polar surface area (TPSA) is 125 Å². The van der Waals surface area contributed by atoms with E-state index in [-0.39, 0.29) is 49.7 Å². The first-order chi connectivity index (χ1) is 20.2. The fourth-order valence-electron chi connectivity index (χ4n) is 4.39. The zero-order valence-corrected chi connectivity index (χ0v) is 23.6. The molecule has 10 nitrogen and oxygen atoms in total. The van der Waals surface area contributed by atoms with Gasteiger partial charge in [-0.1, -0.05) is 31.2 Å². The van der Waals surface area contributed by atoms with E-state index in [4.69, 9.17) is 0 Å². The molecule has 0 spiro atoms. The Bertz CT molecular complexity index is 1510. The van der Waals surface area contributed by atoms with Crippen molar-refractivity contribution in [3.63, 3.8) is 0 Å². The maximum absolute atomic E-state index is 14.0. The lowest BCUT2D eigenvalue weighted by molar-refractivity contribution is -0.274. The first-order valence-electron chi connectivity index (χ1n) is 13.0. The molecule has 2 aromatic carbocycles. The molecule has 0 bridgehead atoms. The average Bonchev–Trinajstić information content (AvgIpc) is 2.99. The Morgan fingerprint density at radius 2 is 1.70 bits per heavy atom. The van der Waals surface area contributed by atoms with Crippen LogP contribution in [0, 0.1) is 0 Å². The molecular weight excluding hydrogens is 601 g/mol. The van der Waals surface area contributed by atoms with Crippen molar-refractivity contribution in [2.24, 2.45) is 0 Å². The van der Waals surface area contributed by atoms with Crippen molar-refractivity contribution in [3.8, 4) is 5.75 Å². The molecule has 0 radical (unpaired) electrons. The maximum Gasteiger partial charge on any atom is 0.573 e. The molecule has 1 aliphatic rings. The van der Waals surface area contributed by atoms with Gasteiger partial charge in [-0.2, -0.15) is 4.31 Å². The molecule has 2 N–H and O–H groups in total. The van der Waals surface area contributed by atoms with Crippen LogP contribution in [0.5, 0.6) is 5.75 Å². The van der Waals surface area contributed by atoms with Gasteiger partial charge in [0, 0.05) is 38.2 Å². The molecule has 232 valence electrons. The van der Waals surface area contributed by atoms with Crippen LogP contribution < -0.4 is 15.0 Å². The second-order valence-corrected chi connectivity index (χ2v) is 11.5. The third-order valence-electron chi connectivity index (χ3n) is 6.76. The number of nitrogens with one attached hydrogen (secondary N) is 1. The van der Waals surface area contributed by atoms with E-state index < -0.39 is 40.0 Å². The summed E-state index contributed by atoms with van der Waals surface area (Å²) in [6.07, 6.45) is -2.63. The molecule has 16 heteroatoms. The van der Waals surface area contributed by atoms with Crippen LogP contribution in [-0.2, 0) is 33.9 Å². The normalized spacial score (nSPS) is 16.6. The molecule has 1 amide bonds. The summed E-state index contributed by atoms with van der Waals surface area (Å²) in [7, 11) is -4.38. The van der Waals surface area contributed by atoms with E-state index in [2.05, 4.69) is 20.0 Å². The number of ether oxygens (including phenoxy) is 1. The first-order valence-corrected chi connectivity index (χ1v) is 14.5. The van der Waals surface area contributed by atoms with E-state index >= 15 is 0 Å². The summed E-state index contributed by atoms with van der Waals surface area (Å²) in [6.45, 7) is 0.682. The molecule has 1 aromatic heterocycles. The number of aromatic nitrogens is 2. The summed E-state index contributed by atoms with van der Waals surface area (Å²) in [5, 5.41) is 11.9. The largest absolute Gasteiger partial charge is 0.573 e. The Morgan fingerprint density at radius 3 is 2.26 bits per heavy atom. The second-order valence-electron chi connectivity index (χ2n) is 9.59. The highest BCUT2D eigenvalue weighted by atomic mass is 32.2. The van der Waals surface area contributed by atoms with Gasteiger partial charge in [0.2, 0.25) is 15.9 Å². The van der Waals surface area contributed by atoms with E-state index in [1.807, 2.05) is 0 Å². The minimum atomic E-state index is -4.96. The highest BCUT2D eigenvalue weighted by molar-refractivity contribution is 7.89. The van der Waals surface area contributed by atoms with Crippen LogP contribution >= 0.6 is 0 Å². The number of anilines is 1. The van der Waals surface area contributed by atoms with Gasteiger partial charge in [-0.05, 0) is 29.8 Å². The summed E-state index contributed by atoms with van der Waals surface area (Å²) >= 11 is 0. The van der Waals surface area contributed by atoms with E-state index in [1.165, 1.54) is 43.6 Å². The van der Waals surface area contributed by atoms with E-state index in [0.29, 0.717) is 17.1 Å². The molecular formula is C27H28F5N5O5S. The number of rotatable bonds is 10. The standard InChI is InChI=1S/C27H28F5N5O5S/c1-2-26(28,29)19-5-3-18(4-6-19)13-35-25(39)23-16-36(24-15-33-20(17-38)14-34-24)11-12-37(23)43(40,41)22-9-7-21(8-10-22)42-27(30,31)32/h3-10,14-15,23,38H,2,11-13,16-17H2,1H3,(H,35,39)/t23-/m1/s1. The van der Waals surface area contributed by atoms with Gasteiger partial charge in [-0.3, -0.25) is 9.78 Å². The summed E-state index contributed by atoms with van der Waals surface area (Å²) in [5.74, 6) is -3.99. The van der Waals surface area contributed by atoms with Crippen molar-refractivity contribution in [2.75, 3.05) is 24.5 Å². The zero-order valence-electron chi connectivity index (χ0n) is 22.8. The summed E-state index contributed by atoms with van der Waals surface area (Å²) < 4.78 is 97.5. The van der Waals surface area contributed by atoms with Gasteiger partial charge in [-0.15, -0.1) is 13.2 Å². The van der Waals surface area contributed by atoms with Crippen LogP contribution in [0.25, 0.3) is 0 Å². The number of benzene rings is 2. The van der Waals surface area contributed by atoms with Crippen molar-refractivity contribution >= 4 is 21.7 Å². The monoisotopic (exact) mass is 629 g/mol. The Balaban J connectivity index is 1.57. The molecule has 1 aliphatic heterocycles. The van der Waals surface area contributed by atoms with Gasteiger partial charge in [0.1, 0.15) is 17.6 Å². The summed E-state index contributed by atoms with van der Waals surface area (Å²) in [5.41, 5.74) is 0.627. The number of piperazine rings is 1. The number of aliphatic hydroxyl groups excluding tert-OH is 1.